The Kier molecular flexibility index (Phi) is 4.76. The van der Waals surface area contributed by atoms with Crippen LogP contribution in [0.4, 0.5) is 5.69 Å². The lowest BCUT2D eigenvalue weighted by Crippen LogP contribution is -2.23. The summed E-state index contributed by atoms with van der Waals surface area (Å²) in [5.41, 5.74) is 6.95. The van der Waals surface area contributed by atoms with Crippen LogP contribution in [-0.2, 0) is 0 Å². The van der Waals surface area contributed by atoms with Crippen LogP contribution in [0.1, 0.15) is 0 Å². The number of H-pyrrole nitrogens is 2. The van der Waals surface area contributed by atoms with Gasteiger partial charge in [0.1, 0.15) is 0 Å². The molecule has 0 atom stereocenters. The summed E-state index contributed by atoms with van der Waals surface area (Å²) >= 11 is 0. The Morgan fingerprint density at radius 2 is 1.94 bits per heavy atom. The Hall–Kier alpha value is -2.85. The maximum absolute atomic E-state index is 10.6. The second kappa shape index (κ2) is 5.79. The molecule has 0 unspecified atom stereocenters. The maximum Gasteiger partial charge on any atom is 0.349 e. The van der Waals surface area contributed by atoms with E-state index in [4.69, 9.17) is 11.5 Å². The number of rotatable bonds is 1. The molecule has 11 heteroatoms. The zero-order chi connectivity index (χ0) is 12.7. The number of hydrogen-bond donors (Lipinski definition) is 5. The Labute approximate surface area is 87.1 Å². The first-order valence-electron chi connectivity index (χ1n) is 3.63. The van der Waals surface area contributed by atoms with Crippen LogP contribution >= 0.6 is 0 Å². The molecule has 0 bridgehead atoms. The molecular weight excluding hydrogens is 222 g/mol. The van der Waals surface area contributed by atoms with Crippen molar-refractivity contribution in [3.63, 3.8) is 0 Å². The fourth-order valence-electron chi connectivity index (χ4n) is 0.538. The quantitative estimate of drug-likeness (QED) is 0.112. The summed E-state index contributed by atoms with van der Waals surface area (Å²) in [4.78, 5) is 33.7. The second-order valence-corrected chi connectivity index (χ2v) is 2.27. The third kappa shape index (κ3) is 4.40. The number of nitrogens with two attached hydrogens (primary N) is 3. The summed E-state index contributed by atoms with van der Waals surface area (Å²) in [7, 11) is 0. The van der Waals surface area contributed by atoms with Gasteiger partial charge < -0.3 is 22.3 Å². The van der Waals surface area contributed by atoms with Crippen molar-refractivity contribution in [2.75, 3.05) is 0 Å². The first-order chi connectivity index (χ1) is 7.38. The zero-order valence-electron chi connectivity index (χ0n) is 7.84. The van der Waals surface area contributed by atoms with E-state index in [9.17, 15) is 19.7 Å². The molecule has 8 N–H and O–H groups in total. The molecule has 1 heterocycles. The van der Waals surface area contributed by atoms with Gasteiger partial charge in [-0.1, -0.05) is 0 Å². The van der Waals surface area contributed by atoms with Gasteiger partial charge in [0.05, 0.1) is 11.1 Å². The minimum Gasteiger partial charge on any atom is -0.369 e. The first kappa shape index (κ1) is 13.2. The minimum absolute atomic E-state index is 0.0926. The zero-order valence-corrected chi connectivity index (χ0v) is 7.84. The maximum atomic E-state index is 10.6. The van der Waals surface area contributed by atoms with Crippen LogP contribution in [0.15, 0.2) is 20.9 Å². The molecule has 1 rings (SSSR count). The fourth-order valence-corrected chi connectivity index (χ4v) is 0.538. The lowest BCUT2D eigenvalue weighted by molar-refractivity contribution is -0.386. The lowest BCUT2D eigenvalue weighted by atomic mass is 10.5. The van der Waals surface area contributed by atoms with Gasteiger partial charge in [-0.25, -0.2) is 4.79 Å². The van der Waals surface area contributed by atoms with Crippen molar-refractivity contribution in [2.45, 2.75) is 0 Å². The lowest BCUT2D eigenvalue weighted by Gasteiger charge is -1.85. The number of aromatic nitrogens is 2. The highest BCUT2D eigenvalue weighted by Crippen LogP contribution is 1.94. The van der Waals surface area contributed by atoms with Crippen LogP contribution in [0.3, 0.4) is 0 Å². The molecule has 1 aromatic rings. The highest BCUT2D eigenvalue weighted by molar-refractivity contribution is 5.75. The van der Waals surface area contributed by atoms with E-state index in [1.165, 1.54) is 0 Å². The highest BCUT2D eigenvalue weighted by Gasteiger charge is 2.10. The van der Waals surface area contributed by atoms with Gasteiger partial charge >= 0.3 is 16.9 Å². The summed E-state index contributed by atoms with van der Waals surface area (Å²) in [6.07, 6.45) is 0.751. The third-order valence-corrected chi connectivity index (χ3v) is 1.15. The van der Waals surface area contributed by atoms with E-state index in [2.05, 4.69) is 10.9 Å². The van der Waals surface area contributed by atoms with Crippen LogP contribution < -0.4 is 28.6 Å². The number of hydrazone groups is 1. The molecule has 0 saturated heterocycles. The smallest absolute Gasteiger partial charge is 0.349 e. The highest BCUT2D eigenvalue weighted by atomic mass is 16.6. The molecule has 0 aliphatic heterocycles. The topological polar surface area (TPSA) is 199 Å². The Morgan fingerprint density at radius 3 is 2.25 bits per heavy atom. The summed E-state index contributed by atoms with van der Waals surface area (Å²) in [6.45, 7) is 0. The van der Waals surface area contributed by atoms with Crippen LogP contribution in [0.5, 0.6) is 0 Å². The number of nitrogens with zero attached hydrogens (tertiary/aromatic N) is 2. The van der Waals surface area contributed by atoms with E-state index < -0.39 is 21.9 Å². The molecule has 0 spiro atoms. The molecule has 0 saturated carbocycles. The van der Waals surface area contributed by atoms with Gasteiger partial charge in [0, 0.05) is 0 Å². The molecule has 0 aliphatic carbocycles. The predicted octanol–water partition coefficient (Wildman–Crippen LogP) is -2.90. The molecular formula is C5H9N7O4. The molecule has 88 valence electrons. The minimum atomic E-state index is -1.00. The normalized spacial score (nSPS) is 8.50. The van der Waals surface area contributed by atoms with E-state index in [0.29, 0.717) is 0 Å². The molecule has 0 radical (unpaired) electrons. The Balaban J connectivity index is 0.000000385. The SMILES string of the molecule is NN=C(N)N.O=c1[nH]cc([N+](=O)[O-])c(=O)[nH]1. The molecule has 0 aromatic carbocycles. The van der Waals surface area contributed by atoms with Crippen LogP contribution in [0.2, 0.25) is 0 Å². The van der Waals surface area contributed by atoms with Crippen molar-refractivity contribution >= 4 is 11.6 Å². The molecule has 1 aromatic heterocycles. The van der Waals surface area contributed by atoms with E-state index in [-0.39, 0.29) is 5.96 Å². The fraction of sp³-hybridized carbons (Fsp3) is 0. The molecule has 0 amide bonds. The Bertz CT molecular complexity index is 496. The van der Waals surface area contributed by atoms with Crippen molar-refractivity contribution < 1.29 is 4.92 Å². The van der Waals surface area contributed by atoms with Crippen LogP contribution in [0.25, 0.3) is 0 Å². The van der Waals surface area contributed by atoms with Crippen molar-refractivity contribution in [2.24, 2.45) is 22.4 Å². The number of hydrogen-bond acceptors (Lipinski definition) is 6. The standard InChI is InChI=1S/C4H3N3O4.CH6N4/c8-3-2(7(10)11)1-5-4(9)6-3;2-1(3)5-4/h1H,(H2,5,6,8,9);4H2,(H4,2,3,5). The largest absolute Gasteiger partial charge is 0.369 e. The van der Waals surface area contributed by atoms with Gasteiger partial charge in [-0.15, -0.1) is 5.10 Å². The predicted molar refractivity (Wildman–Crippen MR) is 54.3 cm³/mol. The first-order valence-corrected chi connectivity index (χ1v) is 3.63. The van der Waals surface area contributed by atoms with E-state index in [1.807, 2.05) is 4.98 Å². The number of guanidine groups is 1. The summed E-state index contributed by atoms with van der Waals surface area (Å²) < 4.78 is 0. The van der Waals surface area contributed by atoms with Gasteiger partial charge in [-0.2, -0.15) is 0 Å². The van der Waals surface area contributed by atoms with Gasteiger partial charge in [0.2, 0.25) is 5.96 Å². The summed E-state index contributed by atoms with van der Waals surface area (Å²) in [5.74, 6) is 4.42. The van der Waals surface area contributed by atoms with Gasteiger partial charge in [0.25, 0.3) is 0 Å². The van der Waals surface area contributed by atoms with Crippen molar-refractivity contribution in [3.8, 4) is 0 Å². The second-order valence-electron chi connectivity index (χ2n) is 2.27. The monoisotopic (exact) mass is 231 g/mol. The van der Waals surface area contributed by atoms with Crippen LogP contribution in [0, 0.1) is 10.1 Å². The molecule has 16 heavy (non-hydrogen) atoms. The molecule has 11 nitrogen and oxygen atoms in total. The van der Waals surface area contributed by atoms with Gasteiger partial charge in [0.15, 0.2) is 0 Å². The van der Waals surface area contributed by atoms with E-state index in [1.54, 1.807) is 4.98 Å². The Morgan fingerprint density at radius 1 is 1.44 bits per heavy atom. The third-order valence-electron chi connectivity index (χ3n) is 1.15. The van der Waals surface area contributed by atoms with E-state index in [0.717, 1.165) is 6.20 Å². The number of nitrogens with one attached hydrogen (secondary N) is 2. The van der Waals surface area contributed by atoms with Gasteiger partial charge in [-0.3, -0.25) is 19.9 Å². The van der Waals surface area contributed by atoms with Crippen LogP contribution in [-0.4, -0.2) is 20.9 Å². The number of nitro groups is 1. The van der Waals surface area contributed by atoms with E-state index >= 15 is 0 Å². The van der Waals surface area contributed by atoms with Crippen molar-refractivity contribution in [1.29, 1.82) is 0 Å². The van der Waals surface area contributed by atoms with Crippen molar-refractivity contribution in [3.05, 3.63) is 37.1 Å². The summed E-state index contributed by atoms with van der Waals surface area (Å²) in [6, 6.07) is 0. The van der Waals surface area contributed by atoms with Gasteiger partial charge in [-0.05, 0) is 0 Å². The molecule has 0 aliphatic rings. The number of aromatic amines is 2. The average molecular weight is 231 g/mol. The summed E-state index contributed by atoms with van der Waals surface area (Å²) in [5, 5.41) is 12.9. The van der Waals surface area contributed by atoms with Crippen molar-refractivity contribution in [1.82, 2.24) is 9.97 Å². The molecule has 0 fully saturated rings. The average Bonchev–Trinajstić information content (AvgIpc) is 2.17.